The molecule has 56 valence electrons. The topological polar surface area (TPSA) is 9.23 Å². The Bertz CT molecular complexity index is 59.9. The molecule has 0 N–H and O–H groups in total. The molecule has 0 heterocycles. The number of ether oxygens (including phenoxy) is 1. The molecule has 1 aliphatic carbocycles. The van der Waals surface area contributed by atoms with Crippen molar-refractivity contribution in [2.75, 3.05) is 7.11 Å². The maximum Gasteiger partial charge on any atom is 0.0571 e. The molecule has 0 aromatic rings. The Labute approximate surface area is 63.2 Å². The Morgan fingerprint density at radius 2 is 1.67 bits per heavy atom. The van der Waals surface area contributed by atoms with Crippen LogP contribution >= 0.6 is 12.4 Å². The highest BCUT2D eigenvalue weighted by atomic mass is 35.5. The van der Waals surface area contributed by atoms with Gasteiger partial charge in [0, 0.05) is 7.11 Å². The largest absolute Gasteiger partial charge is 0.381 e. The molecule has 0 aromatic carbocycles. The Hall–Kier alpha value is 0.250. The lowest BCUT2D eigenvalue weighted by atomic mass is 9.98. The summed E-state index contributed by atoms with van der Waals surface area (Å²) in [6.45, 7) is 0. The van der Waals surface area contributed by atoms with E-state index < -0.39 is 0 Å². The lowest BCUT2D eigenvalue weighted by Gasteiger charge is -2.19. The van der Waals surface area contributed by atoms with Crippen molar-refractivity contribution >= 4 is 12.4 Å². The van der Waals surface area contributed by atoms with E-state index in [1.165, 1.54) is 32.1 Å². The van der Waals surface area contributed by atoms with E-state index in [1.807, 2.05) is 7.11 Å². The monoisotopic (exact) mass is 150 g/mol. The van der Waals surface area contributed by atoms with Gasteiger partial charge in [0.05, 0.1) is 6.10 Å². The predicted molar refractivity (Wildman–Crippen MR) is 41.1 cm³/mol. The van der Waals surface area contributed by atoms with E-state index in [9.17, 15) is 0 Å². The minimum atomic E-state index is 0. The third-order valence-electron chi connectivity index (χ3n) is 1.89. The highest BCUT2D eigenvalue weighted by Crippen LogP contribution is 2.18. The van der Waals surface area contributed by atoms with Gasteiger partial charge in [-0.2, -0.15) is 0 Å². The van der Waals surface area contributed by atoms with Crippen LogP contribution in [0.15, 0.2) is 0 Å². The molecule has 1 rings (SSSR count). The minimum absolute atomic E-state index is 0. The number of methoxy groups -OCH3 is 1. The van der Waals surface area contributed by atoms with Gasteiger partial charge in [0.2, 0.25) is 0 Å². The standard InChI is InChI=1S/C7H14O.ClH/c1-8-7-5-3-2-4-6-7;/h7H,2-6H2,1H3;1H. The van der Waals surface area contributed by atoms with E-state index in [4.69, 9.17) is 4.74 Å². The summed E-state index contributed by atoms with van der Waals surface area (Å²) in [5.74, 6) is 0. The van der Waals surface area contributed by atoms with Crippen molar-refractivity contribution in [3.05, 3.63) is 0 Å². The van der Waals surface area contributed by atoms with E-state index in [2.05, 4.69) is 0 Å². The van der Waals surface area contributed by atoms with Crippen LogP contribution in [0.2, 0.25) is 0 Å². The highest BCUT2D eigenvalue weighted by molar-refractivity contribution is 5.85. The quantitative estimate of drug-likeness (QED) is 0.558. The van der Waals surface area contributed by atoms with Gasteiger partial charge in [0.15, 0.2) is 0 Å². The first-order chi connectivity index (χ1) is 3.93. The molecule has 0 radical (unpaired) electrons. The predicted octanol–water partition coefficient (Wildman–Crippen LogP) is 2.39. The maximum absolute atomic E-state index is 5.19. The summed E-state index contributed by atoms with van der Waals surface area (Å²) in [7, 11) is 1.82. The van der Waals surface area contributed by atoms with Gasteiger partial charge in [-0.25, -0.2) is 0 Å². The smallest absolute Gasteiger partial charge is 0.0571 e. The van der Waals surface area contributed by atoms with Gasteiger partial charge in [-0.05, 0) is 12.8 Å². The van der Waals surface area contributed by atoms with Crippen LogP contribution in [0.3, 0.4) is 0 Å². The molecule has 1 fully saturated rings. The number of halogens is 1. The van der Waals surface area contributed by atoms with Gasteiger partial charge in [0.1, 0.15) is 0 Å². The second-order valence-electron chi connectivity index (χ2n) is 2.50. The molecule has 0 aliphatic heterocycles. The Morgan fingerprint density at radius 1 is 1.11 bits per heavy atom. The molecule has 0 atom stereocenters. The zero-order chi connectivity index (χ0) is 5.82. The molecule has 2 heteroatoms. The van der Waals surface area contributed by atoms with Gasteiger partial charge in [-0.15, -0.1) is 12.4 Å². The van der Waals surface area contributed by atoms with Crippen molar-refractivity contribution in [1.82, 2.24) is 0 Å². The lowest BCUT2D eigenvalue weighted by Crippen LogP contribution is -2.13. The molecular formula is C7H15ClO. The lowest BCUT2D eigenvalue weighted by molar-refractivity contribution is 0.0710. The number of hydrogen-bond acceptors (Lipinski definition) is 1. The van der Waals surface area contributed by atoms with E-state index >= 15 is 0 Å². The van der Waals surface area contributed by atoms with Gasteiger partial charge in [0.25, 0.3) is 0 Å². The van der Waals surface area contributed by atoms with Crippen molar-refractivity contribution in [2.24, 2.45) is 0 Å². The van der Waals surface area contributed by atoms with Crippen LogP contribution in [0.4, 0.5) is 0 Å². The van der Waals surface area contributed by atoms with Crippen LogP contribution in [0.25, 0.3) is 0 Å². The van der Waals surface area contributed by atoms with Crippen LogP contribution in [0.5, 0.6) is 0 Å². The Kier molecular flexibility index (Phi) is 5.21. The first kappa shape index (κ1) is 9.25. The molecular weight excluding hydrogens is 136 g/mol. The fourth-order valence-corrected chi connectivity index (χ4v) is 1.30. The third kappa shape index (κ3) is 3.07. The van der Waals surface area contributed by atoms with E-state index in [0.29, 0.717) is 6.10 Å². The molecule has 0 amide bonds. The second-order valence-corrected chi connectivity index (χ2v) is 2.50. The normalized spacial score (nSPS) is 21.0. The van der Waals surface area contributed by atoms with Crippen LogP contribution in [-0.4, -0.2) is 13.2 Å². The average Bonchev–Trinajstić information content (AvgIpc) is 1.90. The summed E-state index contributed by atoms with van der Waals surface area (Å²) < 4.78 is 5.19. The summed E-state index contributed by atoms with van der Waals surface area (Å²) >= 11 is 0. The van der Waals surface area contributed by atoms with Crippen molar-refractivity contribution < 1.29 is 4.74 Å². The Balaban J connectivity index is 0.000000640. The molecule has 9 heavy (non-hydrogen) atoms. The zero-order valence-electron chi connectivity index (χ0n) is 5.93. The molecule has 0 saturated heterocycles. The zero-order valence-corrected chi connectivity index (χ0v) is 6.75. The van der Waals surface area contributed by atoms with E-state index in [0.717, 1.165) is 0 Å². The molecule has 0 aromatic heterocycles. The van der Waals surface area contributed by atoms with E-state index in [1.54, 1.807) is 0 Å². The number of rotatable bonds is 1. The molecule has 1 saturated carbocycles. The van der Waals surface area contributed by atoms with Gasteiger partial charge in [-0.1, -0.05) is 19.3 Å². The third-order valence-corrected chi connectivity index (χ3v) is 1.89. The fourth-order valence-electron chi connectivity index (χ4n) is 1.30. The van der Waals surface area contributed by atoms with Crippen molar-refractivity contribution in [3.63, 3.8) is 0 Å². The fraction of sp³-hybridized carbons (Fsp3) is 1.00. The van der Waals surface area contributed by atoms with Crippen molar-refractivity contribution in [1.29, 1.82) is 0 Å². The molecule has 1 aliphatic rings. The average molecular weight is 151 g/mol. The summed E-state index contributed by atoms with van der Waals surface area (Å²) in [6.07, 6.45) is 7.33. The molecule has 0 bridgehead atoms. The molecule has 0 spiro atoms. The molecule has 1 nitrogen and oxygen atoms in total. The summed E-state index contributed by atoms with van der Waals surface area (Å²) in [5, 5.41) is 0. The first-order valence-corrected chi connectivity index (χ1v) is 3.46. The van der Waals surface area contributed by atoms with Crippen molar-refractivity contribution in [3.8, 4) is 0 Å². The Morgan fingerprint density at radius 3 is 2.00 bits per heavy atom. The summed E-state index contributed by atoms with van der Waals surface area (Å²) in [6, 6.07) is 0. The van der Waals surface area contributed by atoms with Gasteiger partial charge >= 0.3 is 0 Å². The number of hydrogen-bond donors (Lipinski definition) is 0. The summed E-state index contributed by atoms with van der Waals surface area (Å²) in [5.41, 5.74) is 0. The van der Waals surface area contributed by atoms with E-state index in [-0.39, 0.29) is 12.4 Å². The second kappa shape index (κ2) is 5.07. The maximum atomic E-state index is 5.19. The highest BCUT2D eigenvalue weighted by Gasteiger charge is 2.10. The van der Waals surface area contributed by atoms with Crippen LogP contribution in [0, 0.1) is 0 Å². The summed E-state index contributed by atoms with van der Waals surface area (Å²) in [4.78, 5) is 0. The van der Waals surface area contributed by atoms with Crippen LogP contribution in [-0.2, 0) is 4.74 Å². The first-order valence-electron chi connectivity index (χ1n) is 3.46. The van der Waals surface area contributed by atoms with Gasteiger partial charge < -0.3 is 4.74 Å². The van der Waals surface area contributed by atoms with Crippen LogP contribution in [0.1, 0.15) is 32.1 Å². The van der Waals surface area contributed by atoms with Crippen molar-refractivity contribution in [2.45, 2.75) is 38.2 Å². The minimum Gasteiger partial charge on any atom is -0.381 e. The molecule has 0 unspecified atom stereocenters. The van der Waals surface area contributed by atoms with Gasteiger partial charge in [-0.3, -0.25) is 0 Å². The SMILES string of the molecule is COC1CCCCC1.Cl. The van der Waals surface area contributed by atoms with Crippen LogP contribution < -0.4 is 0 Å².